The third-order valence-corrected chi connectivity index (χ3v) is 5.30. The van der Waals surface area contributed by atoms with Gasteiger partial charge in [-0.1, -0.05) is 25.5 Å². The normalized spacial score (nSPS) is 14.2. The summed E-state index contributed by atoms with van der Waals surface area (Å²) in [4.78, 5) is 51.2. The number of imide groups is 2. The minimum atomic E-state index is -0.968. The van der Waals surface area contributed by atoms with Crippen LogP contribution in [0, 0.1) is 19.7 Å². The van der Waals surface area contributed by atoms with Gasteiger partial charge < -0.3 is 4.57 Å². The van der Waals surface area contributed by atoms with E-state index in [-0.39, 0.29) is 12.4 Å². The Morgan fingerprint density at radius 2 is 1.63 bits per heavy atom. The molecule has 0 spiro atoms. The highest BCUT2D eigenvalue weighted by Crippen LogP contribution is 2.20. The number of urea groups is 1. The number of benzene rings is 1. The number of rotatable bonds is 8. The number of aromatic nitrogens is 1. The SMILES string of the molecule is CCCCN1C(=O)C(=O)N(CC(=O)c2cc(C)n(Cc3ccc(F)cc3)c2C)C1=O. The van der Waals surface area contributed by atoms with Crippen LogP contribution in [0.2, 0.25) is 0 Å². The van der Waals surface area contributed by atoms with Crippen LogP contribution >= 0.6 is 0 Å². The quantitative estimate of drug-likeness (QED) is 0.379. The Balaban J connectivity index is 1.77. The first-order valence-corrected chi connectivity index (χ1v) is 9.86. The van der Waals surface area contributed by atoms with Crippen molar-refractivity contribution >= 4 is 23.6 Å². The number of aryl methyl sites for hydroxylation is 1. The van der Waals surface area contributed by atoms with Crippen molar-refractivity contribution in [3.8, 4) is 0 Å². The van der Waals surface area contributed by atoms with E-state index in [1.165, 1.54) is 12.1 Å². The summed E-state index contributed by atoms with van der Waals surface area (Å²) in [6.07, 6.45) is 1.36. The Bertz CT molecular complexity index is 1010. The monoisotopic (exact) mass is 413 g/mol. The largest absolute Gasteiger partial charge is 0.344 e. The second-order valence-corrected chi connectivity index (χ2v) is 7.40. The van der Waals surface area contributed by atoms with Crippen molar-refractivity contribution in [2.45, 2.75) is 40.2 Å². The molecular formula is C22H24FN3O4. The van der Waals surface area contributed by atoms with Gasteiger partial charge in [0.05, 0.1) is 6.54 Å². The van der Waals surface area contributed by atoms with E-state index in [0.29, 0.717) is 29.1 Å². The lowest BCUT2D eigenvalue weighted by Gasteiger charge is -2.15. The third kappa shape index (κ3) is 4.03. The van der Waals surface area contributed by atoms with E-state index in [9.17, 15) is 23.6 Å². The highest BCUT2D eigenvalue weighted by atomic mass is 19.1. The number of carbonyl (C=O) groups excluding carboxylic acids is 4. The molecular weight excluding hydrogens is 389 g/mol. The Kier molecular flexibility index (Phi) is 6.14. The molecule has 2 heterocycles. The van der Waals surface area contributed by atoms with E-state index >= 15 is 0 Å². The molecule has 7 nitrogen and oxygen atoms in total. The van der Waals surface area contributed by atoms with Crippen molar-refractivity contribution in [2.75, 3.05) is 13.1 Å². The molecule has 1 fully saturated rings. The third-order valence-electron chi connectivity index (χ3n) is 5.30. The summed E-state index contributed by atoms with van der Waals surface area (Å²) in [6.45, 7) is 5.67. The lowest BCUT2D eigenvalue weighted by Crippen LogP contribution is -2.37. The number of hydrogen-bond donors (Lipinski definition) is 0. The fourth-order valence-corrected chi connectivity index (χ4v) is 3.53. The van der Waals surface area contributed by atoms with Crippen LogP contribution in [0.5, 0.6) is 0 Å². The second kappa shape index (κ2) is 8.61. The van der Waals surface area contributed by atoms with Crippen molar-refractivity contribution < 1.29 is 23.6 Å². The number of ketones is 1. The summed E-state index contributed by atoms with van der Waals surface area (Å²) >= 11 is 0. The maximum absolute atomic E-state index is 13.1. The second-order valence-electron chi connectivity index (χ2n) is 7.40. The first-order valence-electron chi connectivity index (χ1n) is 9.86. The van der Waals surface area contributed by atoms with Gasteiger partial charge in [0.15, 0.2) is 5.78 Å². The molecule has 3 rings (SSSR count). The van der Waals surface area contributed by atoms with Gasteiger partial charge in [0.25, 0.3) is 0 Å². The van der Waals surface area contributed by atoms with Crippen molar-refractivity contribution in [3.05, 3.63) is 58.7 Å². The molecule has 1 aromatic heterocycles. The first kappa shape index (κ1) is 21.4. The number of unbranched alkanes of at least 4 members (excludes halogenated alkanes) is 1. The van der Waals surface area contributed by atoms with Crippen LogP contribution in [0.25, 0.3) is 0 Å². The molecule has 158 valence electrons. The van der Waals surface area contributed by atoms with Gasteiger partial charge in [-0.3, -0.25) is 19.3 Å². The van der Waals surface area contributed by atoms with Gasteiger partial charge in [0, 0.05) is 30.0 Å². The van der Waals surface area contributed by atoms with Gasteiger partial charge in [0.2, 0.25) is 0 Å². The van der Waals surface area contributed by atoms with E-state index in [0.717, 1.165) is 22.6 Å². The van der Waals surface area contributed by atoms with Gasteiger partial charge in [-0.05, 0) is 44.0 Å². The molecule has 1 aliphatic heterocycles. The van der Waals surface area contributed by atoms with Crippen LogP contribution in [0.15, 0.2) is 30.3 Å². The summed E-state index contributed by atoms with van der Waals surface area (Å²) in [7, 11) is 0. The van der Waals surface area contributed by atoms with Gasteiger partial charge in [-0.15, -0.1) is 0 Å². The molecule has 0 radical (unpaired) electrons. The molecule has 30 heavy (non-hydrogen) atoms. The highest BCUT2D eigenvalue weighted by Gasteiger charge is 2.44. The topological polar surface area (TPSA) is 79.7 Å². The lowest BCUT2D eigenvalue weighted by atomic mass is 10.1. The fourth-order valence-electron chi connectivity index (χ4n) is 3.53. The average Bonchev–Trinajstić information content (AvgIpc) is 3.10. The zero-order valence-electron chi connectivity index (χ0n) is 17.3. The molecule has 0 N–H and O–H groups in total. The molecule has 0 unspecified atom stereocenters. The molecule has 0 saturated carbocycles. The smallest absolute Gasteiger partial charge is 0.334 e. The zero-order chi connectivity index (χ0) is 22.0. The fraction of sp³-hybridized carbons (Fsp3) is 0.364. The Hall–Kier alpha value is -3.29. The summed E-state index contributed by atoms with van der Waals surface area (Å²) in [5.41, 5.74) is 2.75. The summed E-state index contributed by atoms with van der Waals surface area (Å²) in [6, 6.07) is 7.06. The Morgan fingerprint density at radius 1 is 1.00 bits per heavy atom. The minimum absolute atomic E-state index is 0.163. The first-order chi connectivity index (χ1) is 14.2. The minimum Gasteiger partial charge on any atom is -0.344 e. The van der Waals surface area contributed by atoms with Crippen molar-refractivity contribution in [1.82, 2.24) is 14.4 Å². The summed E-state index contributed by atoms with van der Waals surface area (Å²) < 4.78 is 15.0. The van der Waals surface area contributed by atoms with Gasteiger partial charge >= 0.3 is 17.8 Å². The zero-order valence-corrected chi connectivity index (χ0v) is 17.3. The average molecular weight is 413 g/mol. The van der Waals surface area contributed by atoms with E-state index < -0.39 is 30.2 Å². The highest BCUT2D eigenvalue weighted by molar-refractivity contribution is 6.45. The summed E-state index contributed by atoms with van der Waals surface area (Å²) in [5.74, 6) is -2.59. The molecule has 1 aromatic carbocycles. The van der Waals surface area contributed by atoms with Crippen molar-refractivity contribution in [2.24, 2.45) is 0 Å². The van der Waals surface area contributed by atoms with Crippen LogP contribution in [0.4, 0.5) is 9.18 Å². The Morgan fingerprint density at radius 3 is 2.27 bits per heavy atom. The molecule has 1 saturated heterocycles. The maximum atomic E-state index is 13.1. The number of amides is 4. The lowest BCUT2D eigenvalue weighted by molar-refractivity contribution is -0.143. The van der Waals surface area contributed by atoms with E-state index in [1.54, 1.807) is 25.1 Å². The molecule has 0 atom stereocenters. The Labute approximate surface area is 174 Å². The van der Waals surface area contributed by atoms with Crippen molar-refractivity contribution in [1.29, 1.82) is 0 Å². The number of halogens is 1. The van der Waals surface area contributed by atoms with Crippen molar-refractivity contribution in [3.63, 3.8) is 0 Å². The van der Waals surface area contributed by atoms with E-state index in [4.69, 9.17) is 0 Å². The molecule has 0 aliphatic carbocycles. The van der Waals surface area contributed by atoms with Crippen LogP contribution in [0.1, 0.15) is 47.1 Å². The van der Waals surface area contributed by atoms with Crippen LogP contribution < -0.4 is 0 Å². The predicted molar refractivity (Wildman–Crippen MR) is 107 cm³/mol. The van der Waals surface area contributed by atoms with E-state index in [2.05, 4.69) is 0 Å². The van der Waals surface area contributed by atoms with Crippen LogP contribution in [-0.4, -0.2) is 51.1 Å². The molecule has 2 aromatic rings. The molecule has 4 amide bonds. The number of nitrogens with zero attached hydrogens (tertiary/aromatic N) is 3. The number of hydrogen-bond acceptors (Lipinski definition) is 4. The number of carbonyl (C=O) groups is 4. The number of Topliss-reactive ketones (excluding diaryl/α,β-unsaturated/α-hetero) is 1. The van der Waals surface area contributed by atoms with Gasteiger partial charge in [-0.2, -0.15) is 0 Å². The van der Waals surface area contributed by atoms with Gasteiger partial charge in [0.1, 0.15) is 5.82 Å². The maximum Gasteiger partial charge on any atom is 0.334 e. The van der Waals surface area contributed by atoms with Gasteiger partial charge in [-0.25, -0.2) is 14.1 Å². The molecule has 0 bridgehead atoms. The molecule has 8 heteroatoms. The predicted octanol–water partition coefficient (Wildman–Crippen LogP) is 3.07. The standard InChI is InChI=1S/C22H24FN3O4/c1-4-5-10-24-20(28)21(29)26(22(24)30)13-19(27)18-11-14(2)25(15(18)3)12-16-6-8-17(23)9-7-16/h6-9,11H,4-5,10,12-13H2,1-3H3. The molecule has 1 aliphatic rings. The van der Waals surface area contributed by atoms with Crippen LogP contribution in [-0.2, 0) is 16.1 Å². The summed E-state index contributed by atoms with van der Waals surface area (Å²) in [5, 5.41) is 0. The van der Waals surface area contributed by atoms with E-state index in [1.807, 2.05) is 18.4 Å². The van der Waals surface area contributed by atoms with Crippen LogP contribution in [0.3, 0.4) is 0 Å².